The van der Waals surface area contributed by atoms with Crippen LogP contribution in [0.3, 0.4) is 0 Å². The fraction of sp³-hybridized carbons (Fsp3) is 0.320. The topological polar surface area (TPSA) is 70.8 Å². The van der Waals surface area contributed by atoms with Gasteiger partial charge in [0.1, 0.15) is 5.58 Å². The molecule has 6 nitrogen and oxygen atoms in total. The molecule has 0 unspecified atom stereocenters. The minimum atomic E-state index is -0.881. The number of likely N-dealkylation sites (N-methyl/N-ethyl adjacent to an activating group) is 1. The fourth-order valence-corrected chi connectivity index (χ4v) is 5.15. The van der Waals surface area contributed by atoms with E-state index in [1.807, 2.05) is 45.0 Å². The van der Waals surface area contributed by atoms with Crippen molar-refractivity contribution in [2.75, 3.05) is 19.6 Å². The van der Waals surface area contributed by atoms with E-state index in [0.717, 1.165) is 10.9 Å². The number of ketones is 1. The van der Waals surface area contributed by atoms with Gasteiger partial charge in [0, 0.05) is 36.1 Å². The molecule has 3 heterocycles. The van der Waals surface area contributed by atoms with Gasteiger partial charge in [-0.3, -0.25) is 14.4 Å². The Morgan fingerprint density at radius 2 is 1.77 bits per heavy atom. The minimum absolute atomic E-state index is 0.0889. The molecular weight excluding hydrogens is 392 g/mol. The second kappa shape index (κ2) is 6.80. The monoisotopic (exact) mass is 416 g/mol. The van der Waals surface area contributed by atoms with Crippen LogP contribution in [-0.4, -0.2) is 53.1 Å². The van der Waals surface area contributed by atoms with E-state index in [2.05, 4.69) is 0 Å². The zero-order valence-corrected chi connectivity index (χ0v) is 17.8. The molecule has 158 valence electrons. The molecule has 3 aromatic rings. The van der Waals surface area contributed by atoms with Crippen molar-refractivity contribution in [2.45, 2.75) is 26.8 Å². The van der Waals surface area contributed by atoms with E-state index in [4.69, 9.17) is 4.42 Å². The van der Waals surface area contributed by atoms with E-state index >= 15 is 0 Å². The van der Waals surface area contributed by atoms with E-state index in [1.54, 1.807) is 34.1 Å². The Bertz CT molecular complexity index is 1240. The highest BCUT2D eigenvalue weighted by atomic mass is 16.3. The summed E-state index contributed by atoms with van der Waals surface area (Å²) in [7, 11) is 0. The molecule has 2 atom stereocenters. The average molecular weight is 416 g/mol. The molecule has 0 N–H and O–H groups in total. The van der Waals surface area contributed by atoms with Gasteiger partial charge in [-0.05, 0) is 32.9 Å². The molecule has 2 aliphatic rings. The van der Waals surface area contributed by atoms with Gasteiger partial charge >= 0.3 is 0 Å². The second-order valence-electron chi connectivity index (χ2n) is 8.64. The predicted molar refractivity (Wildman–Crippen MR) is 116 cm³/mol. The summed E-state index contributed by atoms with van der Waals surface area (Å²) in [5, 5.41) is 0.904. The lowest BCUT2D eigenvalue weighted by Crippen LogP contribution is -2.49. The molecule has 0 bridgehead atoms. The van der Waals surface area contributed by atoms with Gasteiger partial charge in [-0.15, -0.1) is 0 Å². The summed E-state index contributed by atoms with van der Waals surface area (Å²) in [4.78, 5) is 43.7. The Morgan fingerprint density at radius 3 is 2.48 bits per heavy atom. The molecule has 2 amide bonds. The van der Waals surface area contributed by atoms with Crippen LogP contribution in [0.25, 0.3) is 11.0 Å². The smallest absolute Gasteiger partial charge is 0.289 e. The number of benzene rings is 2. The van der Waals surface area contributed by atoms with Gasteiger partial charge in [0.15, 0.2) is 11.5 Å². The summed E-state index contributed by atoms with van der Waals surface area (Å²) in [5.74, 6) is -0.195. The van der Waals surface area contributed by atoms with Gasteiger partial charge in [0.25, 0.3) is 11.8 Å². The van der Waals surface area contributed by atoms with E-state index in [1.165, 1.54) is 0 Å². The van der Waals surface area contributed by atoms with Crippen LogP contribution in [0.5, 0.6) is 0 Å². The Morgan fingerprint density at radius 1 is 1.10 bits per heavy atom. The second-order valence-corrected chi connectivity index (χ2v) is 8.64. The van der Waals surface area contributed by atoms with Gasteiger partial charge in [0.2, 0.25) is 0 Å². The lowest BCUT2D eigenvalue weighted by molar-refractivity contribution is 0.0559. The predicted octanol–water partition coefficient (Wildman–Crippen LogP) is 3.93. The lowest BCUT2D eigenvalue weighted by Gasteiger charge is -2.34. The van der Waals surface area contributed by atoms with Crippen LogP contribution in [0.1, 0.15) is 50.7 Å². The van der Waals surface area contributed by atoms with Crippen LogP contribution >= 0.6 is 0 Å². The average Bonchev–Trinajstić information content (AvgIpc) is 3.30. The van der Waals surface area contributed by atoms with Crippen LogP contribution in [0.15, 0.2) is 52.9 Å². The zero-order valence-electron chi connectivity index (χ0n) is 17.8. The Kier molecular flexibility index (Phi) is 4.29. The minimum Gasteiger partial charge on any atom is -0.451 e. The number of amides is 2. The van der Waals surface area contributed by atoms with Crippen molar-refractivity contribution in [3.8, 4) is 0 Å². The number of fused-ring (bicyclic) bond motifs is 3. The highest BCUT2D eigenvalue weighted by Gasteiger charge is 2.55. The van der Waals surface area contributed by atoms with Crippen molar-refractivity contribution < 1.29 is 18.8 Å². The first-order valence-corrected chi connectivity index (χ1v) is 10.6. The van der Waals surface area contributed by atoms with Crippen LogP contribution in [0, 0.1) is 12.3 Å². The maximum Gasteiger partial charge on any atom is 0.289 e. The van der Waals surface area contributed by atoms with Gasteiger partial charge in [-0.1, -0.05) is 36.4 Å². The van der Waals surface area contributed by atoms with Crippen molar-refractivity contribution in [1.29, 1.82) is 0 Å². The molecule has 1 fully saturated rings. The summed E-state index contributed by atoms with van der Waals surface area (Å²) < 4.78 is 5.88. The normalized spacial score (nSPS) is 23.1. The number of carbonyl (C=O) groups excluding carboxylic acids is 3. The molecule has 31 heavy (non-hydrogen) atoms. The Labute approximate surface area is 180 Å². The first kappa shape index (κ1) is 19.5. The maximum atomic E-state index is 13.6. The summed E-state index contributed by atoms with van der Waals surface area (Å²) in [6.45, 7) is 6.65. The highest BCUT2D eigenvalue weighted by molar-refractivity contribution is 6.13. The third kappa shape index (κ3) is 2.67. The lowest BCUT2D eigenvalue weighted by atomic mass is 9.78. The molecule has 2 aromatic carbocycles. The summed E-state index contributed by atoms with van der Waals surface area (Å²) in [6, 6.07) is 14.1. The van der Waals surface area contributed by atoms with Crippen LogP contribution in [0.2, 0.25) is 0 Å². The molecule has 0 saturated carbocycles. The number of rotatable bonds is 2. The third-order valence-corrected chi connectivity index (χ3v) is 6.87. The number of aryl methyl sites for hydroxylation is 1. The van der Waals surface area contributed by atoms with E-state index < -0.39 is 11.5 Å². The fourth-order valence-electron chi connectivity index (χ4n) is 5.15. The number of para-hydroxylation sites is 1. The van der Waals surface area contributed by atoms with Gasteiger partial charge in [-0.25, -0.2) is 0 Å². The van der Waals surface area contributed by atoms with Gasteiger partial charge in [-0.2, -0.15) is 0 Å². The Hall–Kier alpha value is -3.41. The first-order valence-electron chi connectivity index (χ1n) is 10.6. The molecule has 0 spiro atoms. The maximum absolute atomic E-state index is 13.6. The van der Waals surface area contributed by atoms with E-state index in [0.29, 0.717) is 35.6 Å². The molecule has 2 aliphatic heterocycles. The number of Topliss-reactive ketones (excluding diaryl/α,β-unsaturated/α-hetero) is 1. The van der Waals surface area contributed by atoms with E-state index in [9.17, 15) is 14.4 Å². The van der Waals surface area contributed by atoms with Crippen molar-refractivity contribution in [3.05, 3.63) is 71.0 Å². The van der Waals surface area contributed by atoms with Gasteiger partial charge < -0.3 is 14.2 Å². The van der Waals surface area contributed by atoms with Crippen LogP contribution < -0.4 is 0 Å². The molecule has 0 aliphatic carbocycles. The van der Waals surface area contributed by atoms with E-state index in [-0.39, 0.29) is 24.1 Å². The largest absolute Gasteiger partial charge is 0.451 e. The molecule has 1 aromatic heterocycles. The number of furan rings is 1. The van der Waals surface area contributed by atoms with Gasteiger partial charge in [0.05, 0.1) is 17.0 Å². The molecule has 1 saturated heterocycles. The summed E-state index contributed by atoms with van der Waals surface area (Å²) in [6.07, 6.45) is 0. The highest BCUT2D eigenvalue weighted by Crippen LogP contribution is 2.42. The summed E-state index contributed by atoms with van der Waals surface area (Å²) >= 11 is 0. The third-order valence-electron chi connectivity index (χ3n) is 6.87. The molecular formula is C25H24N2O4. The molecule has 5 rings (SSSR count). The van der Waals surface area contributed by atoms with Crippen LogP contribution in [-0.2, 0) is 0 Å². The standard InChI is InChI=1S/C25H24N2O4/c1-4-27-20-13-26(24(30)21-15(2)16-9-7-8-12-19(16)31-21)14-25(20,3)22(28)17-10-5-6-11-18(17)23(27)29/h5-12,20H,4,13-14H2,1-3H3/t20-,25+/m1/s1. The van der Waals surface area contributed by atoms with Crippen molar-refractivity contribution in [1.82, 2.24) is 9.80 Å². The first-order chi connectivity index (χ1) is 14.9. The quantitative estimate of drug-likeness (QED) is 0.635. The SMILES string of the molecule is CCN1C(=O)c2ccccc2C(=O)[C@@]2(C)CN(C(=O)c3oc4ccccc4c3C)C[C@@H]12. The molecule has 6 heteroatoms. The Balaban J connectivity index is 1.56. The number of carbonyl (C=O) groups is 3. The summed E-state index contributed by atoms with van der Waals surface area (Å²) in [5.41, 5.74) is 1.45. The van der Waals surface area contributed by atoms with Crippen molar-refractivity contribution in [2.24, 2.45) is 5.41 Å². The van der Waals surface area contributed by atoms with Crippen LogP contribution in [0.4, 0.5) is 0 Å². The zero-order chi connectivity index (χ0) is 21.9. The number of nitrogens with zero attached hydrogens (tertiary/aromatic N) is 2. The van der Waals surface area contributed by atoms with Crippen molar-refractivity contribution in [3.63, 3.8) is 0 Å². The number of likely N-dealkylation sites (tertiary alicyclic amines) is 1. The van der Waals surface area contributed by atoms with Crippen molar-refractivity contribution >= 4 is 28.6 Å². The number of hydrogen-bond donors (Lipinski definition) is 0. The number of hydrogen-bond acceptors (Lipinski definition) is 4. The molecule has 0 radical (unpaired) electrons.